The minimum atomic E-state index is -3.03. The average molecular weight is 582 g/mol. The second-order valence-electron chi connectivity index (χ2n) is 13.6. The molecule has 3 aliphatic heterocycles. The fraction of sp³-hybridized carbons (Fsp3) is 0.767. The van der Waals surface area contributed by atoms with Crippen molar-refractivity contribution in [2.24, 2.45) is 0 Å². The van der Waals surface area contributed by atoms with Crippen LogP contribution in [-0.4, -0.2) is 101 Å². The fourth-order valence-corrected chi connectivity index (χ4v) is 6.18. The second kappa shape index (κ2) is 11.7. The van der Waals surface area contributed by atoms with Crippen LogP contribution in [0.5, 0.6) is 0 Å². The molecule has 4 heterocycles. The lowest BCUT2D eigenvalue weighted by Gasteiger charge is -2.46. The zero-order valence-electron chi connectivity index (χ0n) is 25.6. The number of rotatable bonds is 7. The van der Waals surface area contributed by atoms with Gasteiger partial charge in [-0.2, -0.15) is 0 Å². The number of fused-ring (bicyclic) bond motifs is 1. The molecule has 1 aromatic rings. The van der Waals surface area contributed by atoms with E-state index in [2.05, 4.69) is 4.98 Å². The summed E-state index contributed by atoms with van der Waals surface area (Å²) in [5, 5.41) is 0. The van der Waals surface area contributed by atoms with E-state index >= 15 is 0 Å². The first kappa shape index (κ1) is 31.5. The van der Waals surface area contributed by atoms with E-state index in [1.165, 1.54) is 12.3 Å². The van der Waals surface area contributed by atoms with Crippen molar-refractivity contribution in [2.45, 2.75) is 103 Å². The monoisotopic (exact) mass is 581 g/mol. The highest BCUT2D eigenvalue weighted by atomic mass is 19.3. The van der Waals surface area contributed by atoms with E-state index in [1.807, 2.05) is 51.3 Å². The van der Waals surface area contributed by atoms with E-state index in [0.29, 0.717) is 63.5 Å². The number of halogens is 3. The zero-order chi connectivity index (χ0) is 30.3. The Labute approximate surface area is 242 Å². The Kier molecular flexibility index (Phi) is 9.00. The smallest absolute Gasteiger partial charge is 0.410 e. The highest BCUT2D eigenvalue weighted by Gasteiger charge is 2.44. The summed E-state index contributed by atoms with van der Waals surface area (Å²) in [6.45, 7) is 15.6. The number of carbonyl (C=O) groups excluding carboxylic acids is 2. The number of nitrogens with zero attached hydrogens (tertiary/aromatic N) is 5. The number of hydrogen-bond donors (Lipinski definition) is 0. The first-order valence-corrected chi connectivity index (χ1v) is 14.8. The Morgan fingerprint density at radius 1 is 1.17 bits per heavy atom. The summed E-state index contributed by atoms with van der Waals surface area (Å²) in [7, 11) is 0. The molecule has 0 unspecified atom stereocenters. The lowest BCUT2D eigenvalue weighted by Crippen LogP contribution is -2.63. The zero-order valence-corrected chi connectivity index (χ0v) is 25.6. The second-order valence-corrected chi connectivity index (χ2v) is 13.6. The third kappa shape index (κ3) is 7.16. The molecule has 0 spiro atoms. The van der Waals surface area contributed by atoms with E-state index in [9.17, 15) is 22.8 Å². The normalized spacial score (nSPS) is 25.5. The summed E-state index contributed by atoms with van der Waals surface area (Å²) in [4.78, 5) is 38.7. The van der Waals surface area contributed by atoms with Gasteiger partial charge in [-0.1, -0.05) is 27.2 Å². The van der Waals surface area contributed by atoms with Crippen LogP contribution < -0.4 is 4.90 Å². The van der Waals surface area contributed by atoms with Crippen molar-refractivity contribution in [3.8, 4) is 0 Å². The van der Waals surface area contributed by atoms with Gasteiger partial charge >= 0.3 is 6.09 Å². The Hall–Kier alpha value is -2.40. The summed E-state index contributed by atoms with van der Waals surface area (Å²) >= 11 is 0. The van der Waals surface area contributed by atoms with Crippen molar-refractivity contribution in [3.05, 3.63) is 23.5 Å². The number of piperazine rings is 1. The molecule has 4 rings (SSSR count). The first-order chi connectivity index (χ1) is 19.0. The Bertz CT molecular complexity index is 1130. The van der Waals surface area contributed by atoms with E-state index in [1.54, 1.807) is 16.7 Å². The van der Waals surface area contributed by atoms with Gasteiger partial charge in [0, 0.05) is 74.9 Å². The van der Waals surface area contributed by atoms with Gasteiger partial charge in [0.2, 0.25) is 5.91 Å². The summed E-state index contributed by atoms with van der Waals surface area (Å²) in [6.07, 6.45) is 0.454. The van der Waals surface area contributed by atoms with Crippen LogP contribution in [0.25, 0.3) is 0 Å². The van der Waals surface area contributed by atoms with Gasteiger partial charge < -0.3 is 14.5 Å². The predicted molar refractivity (Wildman–Crippen MR) is 152 cm³/mol. The molecule has 0 aromatic carbocycles. The number of anilines is 1. The number of alkyl halides is 3. The molecule has 0 aliphatic carbocycles. The minimum Gasteiger partial charge on any atom is -0.444 e. The number of ether oxygens (including phenoxy) is 1. The maximum atomic E-state index is 14.8. The van der Waals surface area contributed by atoms with Crippen LogP contribution in [0.2, 0.25) is 0 Å². The molecule has 0 radical (unpaired) electrons. The number of likely N-dealkylation sites (tertiary alicyclic amines) is 1. The molecular weight excluding hydrogens is 535 g/mol. The predicted octanol–water partition coefficient (Wildman–Crippen LogP) is 4.95. The molecule has 11 heteroatoms. The SMILES string of the molecule is CCCC(F)(F)c1cnc2c(c1)N(C(=O)CN1C[C@@H](C)N(C(=O)OC(C)(C)C)C[C@@H]1CN1CC[C@@H](F)C1)CC2(C)C. The lowest BCUT2D eigenvalue weighted by atomic mass is 9.91. The van der Waals surface area contributed by atoms with Gasteiger partial charge in [-0.15, -0.1) is 0 Å². The van der Waals surface area contributed by atoms with Gasteiger partial charge in [0.25, 0.3) is 5.92 Å². The molecule has 41 heavy (non-hydrogen) atoms. The highest BCUT2D eigenvalue weighted by Crippen LogP contribution is 2.43. The van der Waals surface area contributed by atoms with Gasteiger partial charge in [0.15, 0.2) is 0 Å². The van der Waals surface area contributed by atoms with Gasteiger partial charge in [0.05, 0.1) is 17.9 Å². The summed E-state index contributed by atoms with van der Waals surface area (Å²) in [5.41, 5.74) is -0.247. The number of pyridine rings is 1. The number of amides is 2. The highest BCUT2D eigenvalue weighted by molar-refractivity contribution is 5.97. The van der Waals surface area contributed by atoms with Crippen LogP contribution >= 0.6 is 0 Å². The van der Waals surface area contributed by atoms with E-state index < -0.39 is 29.2 Å². The maximum absolute atomic E-state index is 14.8. The molecule has 0 N–H and O–H groups in total. The maximum Gasteiger partial charge on any atom is 0.410 e. The summed E-state index contributed by atoms with van der Waals surface area (Å²) in [6, 6.07) is 0.989. The number of aromatic nitrogens is 1. The van der Waals surface area contributed by atoms with Crippen molar-refractivity contribution >= 4 is 17.7 Å². The van der Waals surface area contributed by atoms with Crippen LogP contribution in [0.15, 0.2) is 12.3 Å². The summed E-state index contributed by atoms with van der Waals surface area (Å²) < 4.78 is 49.3. The first-order valence-electron chi connectivity index (χ1n) is 14.8. The number of carbonyl (C=O) groups is 2. The van der Waals surface area contributed by atoms with E-state index in [-0.39, 0.29) is 36.5 Å². The van der Waals surface area contributed by atoms with Gasteiger partial charge in [-0.3, -0.25) is 19.6 Å². The van der Waals surface area contributed by atoms with Crippen molar-refractivity contribution in [3.63, 3.8) is 0 Å². The molecule has 230 valence electrons. The van der Waals surface area contributed by atoms with Crippen LogP contribution in [0.3, 0.4) is 0 Å². The number of hydrogen-bond acceptors (Lipinski definition) is 6. The largest absolute Gasteiger partial charge is 0.444 e. The van der Waals surface area contributed by atoms with Crippen molar-refractivity contribution in [1.82, 2.24) is 19.7 Å². The van der Waals surface area contributed by atoms with Crippen molar-refractivity contribution < 1.29 is 27.5 Å². The van der Waals surface area contributed by atoms with Gasteiger partial charge in [-0.05, 0) is 40.2 Å². The van der Waals surface area contributed by atoms with Crippen LogP contribution in [-0.2, 0) is 20.9 Å². The van der Waals surface area contributed by atoms with Gasteiger partial charge in [-0.25, -0.2) is 18.0 Å². The molecule has 1 aromatic heterocycles. The third-order valence-electron chi connectivity index (χ3n) is 8.25. The molecule has 0 saturated carbocycles. The minimum absolute atomic E-state index is 0.0508. The van der Waals surface area contributed by atoms with Crippen molar-refractivity contribution in [2.75, 3.05) is 50.7 Å². The fourth-order valence-electron chi connectivity index (χ4n) is 6.18. The van der Waals surface area contributed by atoms with Crippen LogP contribution in [0.1, 0.15) is 79.0 Å². The molecule has 2 saturated heterocycles. The Morgan fingerprint density at radius 2 is 1.88 bits per heavy atom. The summed E-state index contributed by atoms with van der Waals surface area (Å²) in [5.74, 6) is -3.23. The third-order valence-corrected chi connectivity index (χ3v) is 8.25. The van der Waals surface area contributed by atoms with Gasteiger partial charge in [0.1, 0.15) is 11.8 Å². The molecule has 2 fully saturated rings. The van der Waals surface area contributed by atoms with E-state index in [4.69, 9.17) is 4.74 Å². The standard InChI is InChI=1S/C30H46F3N5O3/c1-8-10-30(32,33)21-12-24-26(34-13-21)29(6,7)19-38(24)25(39)18-36-14-20(2)37(27(40)41-28(3,4)5)17-23(36)16-35-11-9-22(31)15-35/h12-13,20,22-23H,8-11,14-19H2,1-7H3/t20-,22-,23+/m1/s1. The quantitative estimate of drug-likeness (QED) is 0.454. The molecule has 2 amide bonds. The average Bonchev–Trinajstić information content (AvgIpc) is 3.38. The Morgan fingerprint density at radius 3 is 2.49 bits per heavy atom. The van der Waals surface area contributed by atoms with Crippen molar-refractivity contribution in [1.29, 1.82) is 0 Å². The topological polar surface area (TPSA) is 69.2 Å². The Balaban J connectivity index is 1.56. The molecule has 0 bridgehead atoms. The molecular formula is C30H46F3N5O3. The van der Waals surface area contributed by atoms with E-state index in [0.717, 1.165) is 0 Å². The van der Waals surface area contributed by atoms with Crippen LogP contribution in [0.4, 0.5) is 23.7 Å². The van der Waals surface area contributed by atoms with Crippen LogP contribution in [0, 0.1) is 0 Å². The molecule has 8 nitrogen and oxygen atoms in total. The molecule has 3 aliphatic rings. The lowest BCUT2D eigenvalue weighted by molar-refractivity contribution is -0.121. The molecule has 3 atom stereocenters.